The molecule has 0 saturated carbocycles. The molecule has 29 heavy (non-hydrogen) atoms. The first-order chi connectivity index (χ1) is 13.6. The number of likely N-dealkylation sites (tertiary alicyclic amines) is 1. The van der Waals surface area contributed by atoms with E-state index < -0.39 is 5.82 Å². The summed E-state index contributed by atoms with van der Waals surface area (Å²) in [5, 5.41) is 8.75. The van der Waals surface area contributed by atoms with Gasteiger partial charge >= 0.3 is 0 Å². The maximum atomic E-state index is 13.7. The maximum Gasteiger partial charge on any atom is 0.190 e. The molecule has 2 aromatic rings. The number of aliphatic imine (C=N–C) groups is 1. The number of hydrogen-bond acceptors (Lipinski definition) is 3. The Morgan fingerprint density at radius 1 is 1.28 bits per heavy atom. The summed E-state index contributed by atoms with van der Waals surface area (Å²) in [7, 11) is 3.92. The molecule has 2 heterocycles. The van der Waals surface area contributed by atoms with E-state index in [1.165, 1.54) is 29.9 Å². The number of nitrogens with one attached hydrogen (secondary N) is 2. The number of thiophene rings is 1. The fraction of sp³-hybridized carbons (Fsp3) is 0.476. The molecule has 1 aromatic carbocycles. The van der Waals surface area contributed by atoms with Crippen LogP contribution in [0.5, 0.6) is 0 Å². The van der Waals surface area contributed by atoms with Crippen molar-refractivity contribution in [2.45, 2.75) is 25.3 Å². The number of piperidine rings is 1. The van der Waals surface area contributed by atoms with E-state index in [9.17, 15) is 8.78 Å². The Morgan fingerprint density at radius 2 is 2.10 bits per heavy atom. The average molecular weight is 534 g/mol. The number of halogens is 3. The summed E-state index contributed by atoms with van der Waals surface area (Å²) in [6.07, 6.45) is 2.76. The lowest BCUT2D eigenvalue weighted by molar-refractivity contribution is 0.125. The van der Waals surface area contributed by atoms with Gasteiger partial charge in [-0.05, 0) is 74.0 Å². The zero-order valence-electron chi connectivity index (χ0n) is 16.8. The van der Waals surface area contributed by atoms with Gasteiger partial charge in [0.15, 0.2) is 5.96 Å². The van der Waals surface area contributed by atoms with Crippen LogP contribution in [0.1, 0.15) is 29.3 Å². The Kier molecular flexibility index (Phi) is 9.78. The van der Waals surface area contributed by atoms with Crippen molar-refractivity contribution in [1.82, 2.24) is 15.5 Å². The lowest BCUT2D eigenvalue weighted by Crippen LogP contribution is -2.45. The van der Waals surface area contributed by atoms with Gasteiger partial charge in [-0.1, -0.05) is 6.07 Å². The lowest BCUT2D eigenvalue weighted by atomic mass is 9.88. The Bertz CT molecular complexity index is 785. The van der Waals surface area contributed by atoms with Crippen LogP contribution >= 0.6 is 35.3 Å². The number of rotatable bonds is 6. The fourth-order valence-electron chi connectivity index (χ4n) is 3.88. The van der Waals surface area contributed by atoms with E-state index in [0.29, 0.717) is 36.4 Å². The zero-order valence-corrected chi connectivity index (χ0v) is 20.0. The lowest BCUT2D eigenvalue weighted by Gasteiger charge is -2.39. The Morgan fingerprint density at radius 3 is 2.83 bits per heavy atom. The number of nitrogens with zero attached hydrogens (tertiary/aromatic N) is 2. The van der Waals surface area contributed by atoms with E-state index in [-0.39, 0.29) is 29.8 Å². The highest BCUT2D eigenvalue weighted by molar-refractivity contribution is 14.0. The van der Waals surface area contributed by atoms with E-state index in [1.807, 2.05) is 11.3 Å². The molecule has 0 radical (unpaired) electrons. The minimum absolute atomic E-state index is 0. The molecule has 2 N–H and O–H groups in total. The van der Waals surface area contributed by atoms with Crippen molar-refractivity contribution in [3.63, 3.8) is 0 Å². The van der Waals surface area contributed by atoms with Crippen LogP contribution in [0.4, 0.5) is 8.78 Å². The van der Waals surface area contributed by atoms with E-state index in [2.05, 4.69) is 45.1 Å². The molecule has 0 spiro atoms. The van der Waals surface area contributed by atoms with Crippen molar-refractivity contribution < 1.29 is 8.78 Å². The molecule has 1 aliphatic rings. The summed E-state index contributed by atoms with van der Waals surface area (Å²) < 4.78 is 27.0. The topological polar surface area (TPSA) is 39.7 Å². The first-order valence-corrected chi connectivity index (χ1v) is 10.6. The van der Waals surface area contributed by atoms with Gasteiger partial charge in [-0.2, -0.15) is 0 Å². The first kappa shape index (κ1) is 24.0. The second kappa shape index (κ2) is 11.8. The normalized spacial score (nSPS) is 20.2. The molecule has 8 heteroatoms. The van der Waals surface area contributed by atoms with Crippen molar-refractivity contribution in [1.29, 1.82) is 0 Å². The molecule has 2 atom stereocenters. The number of guanidine groups is 1. The average Bonchev–Trinajstić information content (AvgIpc) is 3.21. The van der Waals surface area contributed by atoms with Gasteiger partial charge in [-0.15, -0.1) is 35.3 Å². The van der Waals surface area contributed by atoms with Gasteiger partial charge < -0.3 is 10.6 Å². The van der Waals surface area contributed by atoms with Crippen molar-refractivity contribution in [2.24, 2.45) is 10.9 Å². The van der Waals surface area contributed by atoms with Crippen LogP contribution in [0.3, 0.4) is 0 Å². The van der Waals surface area contributed by atoms with Crippen LogP contribution < -0.4 is 10.6 Å². The molecule has 160 valence electrons. The highest BCUT2D eigenvalue weighted by Crippen LogP contribution is 2.36. The second-order valence-corrected chi connectivity index (χ2v) is 8.19. The summed E-state index contributed by atoms with van der Waals surface area (Å²) in [6, 6.07) is 8.29. The second-order valence-electron chi connectivity index (χ2n) is 7.21. The highest BCUT2D eigenvalue weighted by atomic mass is 127. The van der Waals surface area contributed by atoms with E-state index in [4.69, 9.17) is 0 Å². The van der Waals surface area contributed by atoms with Gasteiger partial charge in [0.05, 0.1) is 0 Å². The fourth-order valence-corrected chi connectivity index (χ4v) is 4.86. The summed E-state index contributed by atoms with van der Waals surface area (Å²) in [5.74, 6) is 0.390. The summed E-state index contributed by atoms with van der Waals surface area (Å²) >= 11 is 1.81. The summed E-state index contributed by atoms with van der Waals surface area (Å²) in [5.41, 5.74) is 0.370. The molecule has 1 aromatic heterocycles. The molecule has 0 aliphatic carbocycles. The number of benzene rings is 1. The first-order valence-electron chi connectivity index (χ1n) is 9.70. The molecule has 0 amide bonds. The van der Waals surface area contributed by atoms with Gasteiger partial charge in [0.2, 0.25) is 0 Å². The molecular weight excluding hydrogens is 505 g/mol. The summed E-state index contributed by atoms with van der Waals surface area (Å²) in [6.45, 7) is 2.42. The van der Waals surface area contributed by atoms with Crippen LogP contribution in [0.25, 0.3) is 0 Å². The zero-order chi connectivity index (χ0) is 19.9. The van der Waals surface area contributed by atoms with Crippen molar-refractivity contribution >= 4 is 41.3 Å². The molecule has 2 unspecified atom stereocenters. The monoisotopic (exact) mass is 534 g/mol. The Balaban J connectivity index is 0.00000300. The minimum Gasteiger partial charge on any atom is -0.356 e. The SMILES string of the molecule is CN=C(NCCc1cc(F)ccc1F)NCC1CCCN(C)C1c1cccs1.I. The quantitative estimate of drug-likeness (QED) is 0.327. The van der Waals surface area contributed by atoms with Crippen molar-refractivity contribution in [3.8, 4) is 0 Å². The predicted octanol–water partition coefficient (Wildman–Crippen LogP) is 4.43. The smallest absolute Gasteiger partial charge is 0.190 e. The third kappa shape index (κ3) is 6.62. The minimum atomic E-state index is -0.417. The van der Waals surface area contributed by atoms with Crippen LogP contribution in [-0.4, -0.2) is 44.6 Å². The maximum absolute atomic E-state index is 13.7. The molecule has 1 aliphatic heterocycles. The highest BCUT2D eigenvalue weighted by Gasteiger charge is 2.31. The van der Waals surface area contributed by atoms with Crippen LogP contribution in [0, 0.1) is 17.6 Å². The van der Waals surface area contributed by atoms with Crippen molar-refractivity contribution in [3.05, 3.63) is 57.8 Å². The molecule has 1 fully saturated rings. The van der Waals surface area contributed by atoms with Crippen LogP contribution in [0.2, 0.25) is 0 Å². The third-order valence-corrected chi connectivity index (χ3v) is 6.23. The van der Waals surface area contributed by atoms with Gasteiger partial charge in [-0.25, -0.2) is 8.78 Å². The van der Waals surface area contributed by atoms with E-state index in [0.717, 1.165) is 19.2 Å². The largest absolute Gasteiger partial charge is 0.356 e. The van der Waals surface area contributed by atoms with Crippen LogP contribution in [-0.2, 0) is 6.42 Å². The van der Waals surface area contributed by atoms with Gasteiger partial charge in [-0.3, -0.25) is 9.89 Å². The predicted molar refractivity (Wildman–Crippen MR) is 127 cm³/mol. The molecule has 3 rings (SSSR count). The van der Waals surface area contributed by atoms with E-state index >= 15 is 0 Å². The molecule has 1 saturated heterocycles. The van der Waals surface area contributed by atoms with Crippen molar-refractivity contribution in [2.75, 3.05) is 33.7 Å². The standard InChI is InChI=1S/C21H28F2N4S.HI/c1-24-21(25-10-9-15-13-17(22)7-8-18(15)23)26-14-16-5-3-11-27(2)20(16)19-6-4-12-28-19;/h4,6-8,12-13,16,20H,3,5,9-11,14H2,1-2H3,(H2,24,25,26);1H. The van der Waals surface area contributed by atoms with Crippen LogP contribution in [0.15, 0.2) is 40.7 Å². The molecular formula is C21H29F2IN4S. The van der Waals surface area contributed by atoms with Gasteiger partial charge in [0, 0.05) is 31.1 Å². The van der Waals surface area contributed by atoms with Gasteiger partial charge in [0.1, 0.15) is 11.6 Å². The Hall–Kier alpha value is -1.26. The van der Waals surface area contributed by atoms with E-state index in [1.54, 1.807) is 7.05 Å². The Labute approximate surface area is 192 Å². The third-order valence-electron chi connectivity index (χ3n) is 5.29. The number of hydrogen-bond donors (Lipinski definition) is 2. The summed E-state index contributed by atoms with van der Waals surface area (Å²) in [4.78, 5) is 8.10. The van der Waals surface area contributed by atoms with Gasteiger partial charge in [0.25, 0.3) is 0 Å². The molecule has 4 nitrogen and oxygen atoms in total. The molecule has 0 bridgehead atoms.